The van der Waals surface area contributed by atoms with Crippen molar-refractivity contribution in [1.82, 2.24) is 10.2 Å². The molecule has 0 spiro atoms. The third-order valence-electron chi connectivity index (χ3n) is 4.29. The summed E-state index contributed by atoms with van der Waals surface area (Å²) in [6, 6.07) is 14.8. The Morgan fingerprint density at radius 3 is 2.70 bits per heavy atom. The first-order valence-corrected chi connectivity index (χ1v) is 8.83. The Hall–Kier alpha value is -3.18. The van der Waals surface area contributed by atoms with E-state index < -0.39 is 29.9 Å². The number of imide groups is 1. The van der Waals surface area contributed by atoms with Crippen LogP contribution in [0.4, 0.5) is 10.5 Å². The van der Waals surface area contributed by atoms with Crippen LogP contribution in [0.15, 0.2) is 53.0 Å². The average molecular weight is 427 g/mol. The molecule has 0 radical (unpaired) electrons. The van der Waals surface area contributed by atoms with Crippen LogP contribution >= 0.6 is 15.9 Å². The molecular formula is C19H15BrN4O3. The number of hydrogen-bond donors (Lipinski definition) is 2. The molecule has 0 aliphatic carbocycles. The van der Waals surface area contributed by atoms with Crippen molar-refractivity contribution in [2.24, 2.45) is 0 Å². The molecular weight excluding hydrogens is 412 g/mol. The Bertz CT molecular complexity index is 985. The fourth-order valence-corrected chi connectivity index (χ4v) is 3.22. The first kappa shape index (κ1) is 18.6. The van der Waals surface area contributed by atoms with Gasteiger partial charge in [0, 0.05) is 4.47 Å². The van der Waals surface area contributed by atoms with Gasteiger partial charge in [0.1, 0.15) is 12.1 Å². The lowest BCUT2D eigenvalue weighted by atomic mass is 9.91. The number of nitriles is 1. The van der Waals surface area contributed by atoms with Gasteiger partial charge in [-0.05, 0) is 52.7 Å². The van der Waals surface area contributed by atoms with Gasteiger partial charge in [-0.1, -0.05) is 24.3 Å². The normalized spacial score (nSPS) is 18.8. The number of urea groups is 1. The van der Waals surface area contributed by atoms with Crippen LogP contribution in [0.2, 0.25) is 0 Å². The van der Waals surface area contributed by atoms with Crippen LogP contribution in [0.5, 0.6) is 0 Å². The molecule has 2 aromatic rings. The third kappa shape index (κ3) is 3.55. The molecule has 2 N–H and O–H groups in total. The predicted octanol–water partition coefficient (Wildman–Crippen LogP) is 2.73. The van der Waals surface area contributed by atoms with Crippen molar-refractivity contribution in [3.63, 3.8) is 0 Å². The van der Waals surface area contributed by atoms with Crippen molar-refractivity contribution in [1.29, 1.82) is 5.26 Å². The second kappa shape index (κ2) is 7.21. The van der Waals surface area contributed by atoms with Crippen LogP contribution in [0.1, 0.15) is 18.1 Å². The molecule has 0 bridgehead atoms. The number of anilines is 1. The highest BCUT2D eigenvalue weighted by Gasteiger charge is 2.49. The van der Waals surface area contributed by atoms with E-state index >= 15 is 0 Å². The van der Waals surface area contributed by atoms with Crippen molar-refractivity contribution in [3.8, 4) is 6.07 Å². The molecule has 1 atom stereocenters. The molecule has 1 saturated heterocycles. The van der Waals surface area contributed by atoms with Gasteiger partial charge in [0.2, 0.25) is 5.91 Å². The van der Waals surface area contributed by atoms with Gasteiger partial charge >= 0.3 is 6.03 Å². The molecule has 2 aromatic carbocycles. The van der Waals surface area contributed by atoms with Crippen molar-refractivity contribution in [3.05, 3.63) is 64.1 Å². The summed E-state index contributed by atoms with van der Waals surface area (Å²) in [7, 11) is 0. The molecule has 1 fully saturated rings. The van der Waals surface area contributed by atoms with Crippen LogP contribution in [-0.4, -0.2) is 29.3 Å². The number of para-hydroxylation sites is 1. The summed E-state index contributed by atoms with van der Waals surface area (Å²) >= 11 is 3.32. The Labute approximate surface area is 164 Å². The highest BCUT2D eigenvalue weighted by atomic mass is 79.9. The van der Waals surface area contributed by atoms with Crippen molar-refractivity contribution < 1.29 is 14.4 Å². The first-order chi connectivity index (χ1) is 12.8. The van der Waals surface area contributed by atoms with Gasteiger partial charge < -0.3 is 10.6 Å². The second-order valence-corrected chi connectivity index (χ2v) is 7.02. The molecule has 1 aliphatic rings. The fraction of sp³-hybridized carbons (Fsp3) is 0.158. The van der Waals surface area contributed by atoms with E-state index in [0.717, 1.165) is 4.90 Å². The topological polar surface area (TPSA) is 102 Å². The number of carbonyl (C=O) groups is 3. The van der Waals surface area contributed by atoms with Crippen molar-refractivity contribution in [2.75, 3.05) is 11.9 Å². The molecule has 1 heterocycles. The lowest BCUT2D eigenvalue weighted by molar-refractivity contribution is -0.133. The lowest BCUT2D eigenvalue weighted by Gasteiger charge is -2.22. The van der Waals surface area contributed by atoms with E-state index in [9.17, 15) is 14.4 Å². The standard InChI is InChI=1S/C19H15BrN4O3/c1-19(13-6-4-5-12(9-13)10-21)17(26)24(18(27)23-19)11-16(25)22-15-8-3-2-7-14(15)20/h2-9H,11H2,1H3,(H,22,25)(H,23,27). The summed E-state index contributed by atoms with van der Waals surface area (Å²) in [5.74, 6) is -1.05. The molecule has 8 heteroatoms. The molecule has 1 aliphatic heterocycles. The monoisotopic (exact) mass is 426 g/mol. The smallest absolute Gasteiger partial charge is 0.324 e. The zero-order valence-electron chi connectivity index (χ0n) is 14.3. The van der Waals surface area contributed by atoms with Crippen LogP contribution in [0.3, 0.4) is 0 Å². The van der Waals surface area contributed by atoms with Gasteiger partial charge in [-0.2, -0.15) is 5.26 Å². The van der Waals surface area contributed by atoms with Gasteiger partial charge in [-0.15, -0.1) is 0 Å². The summed E-state index contributed by atoms with van der Waals surface area (Å²) in [6.07, 6.45) is 0. The molecule has 3 rings (SSSR count). The maximum absolute atomic E-state index is 12.9. The second-order valence-electron chi connectivity index (χ2n) is 6.17. The Morgan fingerprint density at radius 1 is 1.26 bits per heavy atom. The largest absolute Gasteiger partial charge is 0.325 e. The van der Waals surface area contributed by atoms with Gasteiger partial charge in [0.15, 0.2) is 0 Å². The minimum absolute atomic E-state index is 0.376. The minimum Gasteiger partial charge on any atom is -0.324 e. The predicted molar refractivity (Wildman–Crippen MR) is 102 cm³/mol. The number of amides is 4. The maximum atomic E-state index is 12.9. The summed E-state index contributed by atoms with van der Waals surface area (Å²) in [5, 5.41) is 14.3. The summed E-state index contributed by atoms with van der Waals surface area (Å²) in [5.41, 5.74) is 0.0610. The zero-order valence-corrected chi connectivity index (χ0v) is 15.9. The Morgan fingerprint density at radius 2 is 2.00 bits per heavy atom. The van der Waals surface area contributed by atoms with E-state index in [-0.39, 0.29) is 0 Å². The van der Waals surface area contributed by atoms with E-state index in [1.54, 1.807) is 55.5 Å². The lowest BCUT2D eigenvalue weighted by Crippen LogP contribution is -2.42. The number of benzene rings is 2. The molecule has 7 nitrogen and oxygen atoms in total. The molecule has 0 aromatic heterocycles. The van der Waals surface area contributed by atoms with E-state index in [1.807, 2.05) is 6.07 Å². The zero-order chi connectivity index (χ0) is 19.6. The minimum atomic E-state index is -1.34. The summed E-state index contributed by atoms with van der Waals surface area (Å²) < 4.78 is 0.689. The number of nitrogens with zero attached hydrogens (tertiary/aromatic N) is 2. The number of halogens is 1. The van der Waals surface area contributed by atoms with Crippen molar-refractivity contribution >= 4 is 39.5 Å². The summed E-state index contributed by atoms with van der Waals surface area (Å²) in [6.45, 7) is 1.13. The number of carbonyl (C=O) groups excluding carboxylic acids is 3. The van der Waals surface area contributed by atoms with Crippen LogP contribution in [-0.2, 0) is 15.1 Å². The average Bonchev–Trinajstić information content (AvgIpc) is 2.88. The van der Waals surface area contributed by atoms with E-state index in [2.05, 4.69) is 26.6 Å². The van der Waals surface area contributed by atoms with Gasteiger partial charge in [0.25, 0.3) is 5.91 Å². The van der Waals surface area contributed by atoms with Gasteiger partial charge in [-0.3, -0.25) is 14.5 Å². The number of nitrogens with one attached hydrogen (secondary N) is 2. The van der Waals surface area contributed by atoms with E-state index in [0.29, 0.717) is 21.3 Å². The highest BCUT2D eigenvalue weighted by molar-refractivity contribution is 9.10. The van der Waals surface area contributed by atoms with E-state index in [1.165, 1.54) is 0 Å². The van der Waals surface area contributed by atoms with E-state index in [4.69, 9.17) is 5.26 Å². The van der Waals surface area contributed by atoms with Crippen LogP contribution in [0, 0.1) is 11.3 Å². The third-order valence-corrected chi connectivity index (χ3v) is 4.99. The van der Waals surface area contributed by atoms with Crippen molar-refractivity contribution in [2.45, 2.75) is 12.5 Å². The van der Waals surface area contributed by atoms with Crippen LogP contribution < -0.4 is 10.6 Å². The van der Waals surface area contributed by atoms with Gasteiger partial charge in [-0.25, -0.2) is 4.79 Å². The quantitative estimate of drug-likeness (QED) is 0.733. The molecule has 27 heavy (non-hydrogen) atoms. The fourth-order valence-electron chi connectivity index (χ4n) is 2.83. The first-order valence-electron chi connectivity index (χ1n) is 8.04. The summed E-state index contributed by atoms with van der Waals surface area (Å²) in [4.78, 5) is 38.4. The highest BCUT2D eigenvalue weighted by Crippen LogP contribution is 2.29. The molecule has 136 valence electrons. The van der Waals surface area contributed by atoms with Gasteiger partial charge in [0.05, 0.1) is 17.3 Å². The number of hydrogen-bond acceptors (Lipinski definition) is 4. The maximum Gasteiger partial charge on any atom is 0.325 e. The molecule has 1 unspecified atom stereocenters. The molecule has 4 amide bonds. The Balaban J connectivity index is 1.79. The Kier molecular flexibility index (Phi) is 4.97. The van der Waals surface area contributed by atoms with Crippen LogP contribution in [0.25, 0.3) is 0 Å². The number of rotatable bonds is 4. The molecule has 0 saturated carbocycles. The SMILES string of the molecule is CC1(c2cccc(C#N)c2)NC(=O)N(CC(=O)Nc2ccccc2Br)C1=O.